The minimum Gasteiger partial charge on any atom is -0.476 e. The fourth-order valence-electron chi connectivity index (χ4n) is 3.86. The molecule has 0 amide bonds. The summed E-state index contributed by atoms with van der Waals surface area (Å²) >= 11 is 0. The van der Waals surface area contributed by atoms with Crippen molar-refractivity contribution in [3.63, 3.8) is 0 Å². The Morgan fingerprint density at radius 1 is 1.18 bits per heavy atom. The van der Waals surface area contributed by atoms with Gasteiger partial charge >= 0.3 is 11.9 Å². The number of imidazole rings is 1. The molecule has 2 heterocycles. The fourth-order valence-corrected chi connectivity index (χ4v) is 3.86. The molecular formula is C16H22N2O4. The van der Waals surface area contributed by atoms with Crippen LogP contribution in [0.15, 0.2) is 0 Å². The molecule has 0 bridgehead atoms. The molecule has 1 atom stereocenters. The van der Waals surface area contributed by atoms with Crippen molar-refractivity contribution in [1.29, 1.82) is 0 Å². The van der Waals surface area contributed by atoms with Gasteiger partial charge in [0.2, 0.25) is 0 Å². The van der Waals surface area contributed by atoms with E-state index < -0.39 is 11.9 Å². The number of methoxy groups -OCH3 is 1. The zero-order valence-corrected chi connectivity index (χ0v) is 12.9. The van der Waals surface area contributed by atoms with Crippen molar-refractivity contribution in [2.75, 3.05) is 7.11 Å². The summed E-state index contributed by atoms with van der Waals surface area (Å²) < 4.78 is 6.85. The lowest BCUT2D eigenvalue weighted by Gasteiger charge is -2.27. The molecule has 6 nitrogen and oxygen atoms in total. The predicted molar refractivity (Wildman–Crippen MR) is 79.0 cm³/mol. The van der Waals surface area contributed by atoms with Crippen LogP contribution in [0.2, 0.25) is 0 Å². The van der Waals surface area contributed by atoms with Crippen molar-refractivity contribution in [2.45, 2.75) is 63.3 Å². The molecule has 0 saturated heterocycles. The number of rotatable bonds is 3. The van der Waals surface area contributed by atoms with Crippen LogP contribution in [0.1, 0.15) is 78.8 Å². The Hall–Kier alpha value is -1.85. The molecule has 1 saturated carbocycles. The first kappa shape index (κ1) is 15.1. The Kier molecular flexibility index (Phi) is 4.18. The van der Waals surface area contributed by atoms with Gasteiger partial charge in [-0.1, -0.05) is 19.3 Å². The molecule has 6 heteroatoms. The minimum atomic E-state index is -1.05. The molecule has 1 aromatic heterocycles. The van der Waals surface area contributed by atoms with Gasteiger partial charge in [-0.3, -0.25) is 4.79 Å². The second kappa shape index (κ2) is 6.10. The summed E-state index contributed by atoms with van der Waals surface area (Å²) in [4.78, 5) is 28.1. The summed E-state index contributed by atoms with van der Waals surface area (Å²) in [6, 6.07) is 0. The van der Waals surface area contributed by atoms with Crippen molar-refractivity contribution < 1.29 is 19.4 Å². The molecule has 0 spiro atoms. The number of nitrogens with zero attached hydrogens (tertiary/aromatic N) is 2. The highest BCUT2D eigenvalue weighted by Gasteiger charge is 2.37. The van der Waals surface area contributed by atoms with Crippen LogP contribution in [-0.4, -0.2) is 33.7 Å². The predicted octanol–water partition coefficient (Wildman–Crippen LogP) is 2.68. The molecule has 1 N–H and O–H groups in total. The lowest BCUT2D eigenvalue weighted by Crippen LogP contribution is -2.26. The number of aromatic carboxylic acids is 1. The van der Waals surface area contributed by atoms with Gasteiger partial charge in [0.1, 0.15) is 5.82 Å². The molecule has 2 aliphatic rings. The van der Waals surface area contributed by atoms with Gasteiger partial charge in [0.15, 0.2) is 5.69 Å². The zero-order valence-electron chi connectivity index (χ0n) is 12.9. The summed E-state index contributed by atoms with van der Waals surface area (Å²) in [5, 5.41) is 9.50. The van der Waals surface area contributed by atoms with E-state index in [1.54, 1.807) is 0 Å². The van der Waals surface area contributed by atoms with E-state index in [0.29, 0.717) is 18.0 Å². The molecule has 3 rings (SSSR count). The third-order valence-electron chi connectivity index (χ3n) is 4.90. The van der Waals surface area contributed by atoms with Gasteiger partial charge in [0, 0.05) is 12.5 Å². The van der Waals surface area contributed by atoms with Crippen molar-refractivity contribution in [1.82, 2.24) is 9.55 Å². The van der Waals surface area contributed by atoms with Gasteiger partial charge in [0.05, 0.1) is 18.7 Å². The van der Waals surface area contributed by atoms with Gasteiger partial charge in [-0.15, -0.1) is 0 Å². The van der Waals surface area contributed by atoms with E-state index in [-0.39, 0.29) is 11.7 Å². The van der Waals surface area contributed by atoms with E-state index in [4.69, 9.17) is 4.74 Å². The quantitative estimate of drug-likeness (QED) is 0.868. The van der Waals surface area contributed by atoms with E-state index >= 15 is 0 Å². The molecule has 1 fully saturated rings. The average Bonchev–Trinajstić information content (AvgIpc) is 2.95. The maximum atomic E-state index is 12.0. The first-order chi connectivity index (χ1) is 10.6. The molecule has 1 unspecified atom stereocenters. The lowest BCUT2D eigenvalue weighted by molar-refractivity contribution is -0.143. The summed E-state index contributed by atoms with van der Waals surface area (Å²) in [5.41, 5.74) is 0.585. The standard InChI is InChI=1S/C16H22N2O4/c1-22-16(21)11-8-5-9-18-13(11)12(15(19)20)17-14(18)10-6-3-2-4-7-10/h10-11H,2-9H2,1H3,(H,19,20). The van der Waals surface area contributed by atoms with Crippen LogP contribution in [0.3, 0.4) is 0 Å². The van der Waals surface area contributed by atoms with Gasteiger partial charge in [0.25, 0.3) is 0 Å². The number of esters is 1. The Bertz CT molecular complexity index is 587. The summed E-state index contributed by atoms with van der Waals surface area (Å²) in [7, 11) is 1.35. The highest BCUT2D eigenvalue weighted by Crippen LogP contribution is 2.38. The molecule has 120 valence electrons. The third kappa shape index (κ3) is 2.51. The van der Waals surface area contributed by atoms with E-state index in [1.807, 2.05) is 4.57 Å². The second-order valence-electron chi connectivity index (χ2n) is 6.21. The van der Waals surface area contributed by atoms with E-state index in [1.165, 1.54) is 13.5 Å². The number of carboxylic acid groups (broad SMARTS) is 1. The number of carboxylic acids is 1. The summed E-state index contributed by atoms with van der Waals surface area (Å²) in [6.45, 7) is 0.745. The molecule has 1 aliphatic heterocycles. The van der Waals surface area contributed by atoms with E-state index in [2.05, 4.69) is 4.98 Å². The summed E-state index contributed by atoms with van der Waals surface area (Å²) in [6.07, 6.45) is 7.15. The SMILES string of the molecule is COC(=O)C1CCCn2c(C3CCCCC3)nc(C(=O)O)c21. The summed E-state index contributed by atoms with van der Waals surface area (Å²) in [5.74, 6) is -0.743. The Morgan fingerprint density at radius 3 is 2.55 bits per heavy atom. The highest BCUT2D eigenvalue weighted by molar-refractivity contribution is 5.90. The van der Waals surface area contributed by atoms with Crippen LogP contribution in [0.4, 0.5) is 0 Å². The van der Waals surface area contributed by atoms with Crippen LogP contribution in [0.5, 0.6) is 0 Å². The van der Waals surface area contributed by atoms with Crippen molar-refractivity contribution in [2.24, 2.45) is 0 Å². The van der Waals surface area contributed by atoms with Gasteiger partial charge in [-0.05, 0) is 25.7 Å². The normalized spacial score (nSPS) is 22.1. The second-order valence-corrected chi connectivity index (χ2v) is 6.21. The van der Waals surface area contributed by atoms with Gasteiger partial charge in [-0.2, -0.15) is 0 Å². The largest absolute Gasteiger partial charge is 0.476 e. The van der Waals surface area contributed by atoms with Crippen LogP contribution < -0.4 is 0 Å². The minimum absolute atomic E-state index is 0.0377. The highest BCUT2D eigenvalue weighted by atomic mass is 16.5. The molecule has 22 heavy (non-hydrogen) atoms. The number of carbonyl (C=O) groups excluding carboxylic acids is 1. The van der Waals surface area contributed by atoms with Crippen molar-refractivity contribution >= 4 is 11.9 Å². The van der Waals surface area contributed by atoms with Crippen LogP contribution >= 0.6 is 0 Å². The number of fused-ring (bicyclic) bond motifs is 1. The van der Waals surface area contributed by atoms with E-state index in [9.17, 15) is 14.7 Å². The van der Waals surface area contributed by atoms with Crippen LogP contribution in [0.25, 0.3) is 0 Å². The Balaban J connectivity index is 2.06. The Labute approximate surface area is 129 Å². The van der Waals surface area contributed by atoms with E-state index in [0.717, 1.165) is 44.5 Å². The molecule has 0 radical (unpaired) electrons. The third-order valence-corrected chi connectivity index (χ3v) is 4.90. The molecular weight excluding hydrogens is 284 g/mol. The number of hydrogen-bond acceptors (Lipinski definition) is 4. The smallest absolute Gasteiger partial charge is 0.356 e. The zero-order chi connectivity index (χ0) is 15.7. The van der Waals surface area contributed by atoms with Gasteiger partial charge in [-0.25, -0.2) is 9.78 Å². The first-order valence-corrected chi connectivity index (χ1v) is 8.05. The molecule has 1 aromatic rings. The van der Waals surface area contributed by atoms with Crippen molar-refractivity contribution in [3.05, 3.63) is 17.2 Å². The van der Waals surface area contributed by atoms with Gasteiger partial charge < -0.3 is 14.4 Å². The van der Waals surface area contributed by atoms with Crippen molar-refractivity contribution in [3.8, 4) is 0 Å². The molecule has 0 aromatic carbocycles. The number of carbonyl (C=O) groups is 2. The average molecular weight is 306 g/mol. The lowest BCUT2D eigenvalue weighted by atomic mass is 9.88. The van der Waals surface area contributed by atoms with Crippen LogP contribution in [0, 0.1) is 0 Å². The number of ether oxygens (including phenoxy) is 1. The maximum absolute atomic E-state index is 12.0. The molecule has 1 aliphatic carbocycles. The van der Waals surface area contributed by atoms with Crippen LogP contribution in [-0.2, 0) is 16.1 Å². The first-order valence-electron chi connectivity index (χ1n) is 8.05. The number of hydrogen-bond donors (Lipinski definition) is 1. The Morgan fingerprint density at radius 2 is 1.91 bits per heavy atom. The topological polar surface area (TPSA) is 81.4 Å². The number of aromatic nitrogens is 2. The maximum Gasteiger partial charge on any atom is 0.356 e. The fraction of sp³-hybridized carbons (Fsp3) is 0.688. The monoisotopic (exact) mass is 306 g/mol.